The lowest BCUT2D eigenvalue weighted by molar-refractivity contribution is -0.124. The van der Waals surface area contributed by atoms with Crippen LogP contribution in [0.4, 0.5) is 0 Å². The van der Waals surface area contributed by atoms with E-state index in [9.17, 15) is 4.79 Å². The zero-order valence-electron chi connectivity index (χ0n) is 12.6. The van der Waals surface area contributed by atoms with Gasteiger partial charge in [-0.05, 0) is 44.6 Å². The Kier molecular flexibility index (Phi) is 6.03. The lowest BCUT2D eigenvalue weighted by Crippen LogP contribution is -2.36. The van der Waals surface area contributed by atoms with Crippen molar-refractivity contribution in [2.24, 2.45) is 0 Å². The highest BCUT2D eigenvalue weighted by Crippen LogP contribution is 2.19. The van der Waals surface area contributed by atoms with Crippen LogP contribution in [0.2, 0.25) is 5.02 Å². The number of hydrogen-bond acceptors (Lipinski definition) is 3. The van der Waals surface area contributed by atoms with Crippen LogP contribution in [-0.2, 0) is 9.53 Å². The molecule has 5 heteroatoms. The largest absolute Gasteiger partial charge is 0.378 e. The first kappa shape index (κ1) is 16.3. The number of benzene rings is 1. The molecule has 2 rings (SSSR count). The summed E-state index contributed by atoms with van der Waals surface area (Å²) in [7, 11) is 3.99. The molecule has 1 N–H and O–H groups in total. The Hall–Kier alpha value is -1.10. The Bertz CT molecular complexity index is 456. The summed E-state index contributed by atoms with van der Waals surface area (Å²) < 4.78 is 5.52. The van der Waals surface area contributed by atoms with Gasteiger partial charge in [-0.15, -0.1) is 0 Å². The molecule has 21 heavy (non-hydrogen) atoms. The van der Waals surface area contributed by atoms with Crippen LogP contribution >= 0.6 is 11.6 Å². The van der Waals surface area contributed by atoms with Gasteiger partial charge in [-0.2, -0.15) is 0 Å². The number of halogens is 1. The van der Waals surface area contributed by atoms with Gasteiger partial charge in [-0.25, -0.2) is 0 Å². The molecule has 0 spiro atoms. The maximum Gasteiger partial charge on any atom is 0.223 e. The maximum absolute atomic E-state index is 12.2. The van der Waals surface area contributed by atoms with Crippen LogP contribution in [0.1, 0.15) is 30.9 Å². The first-order chi connectivity index (χ1) is 10.0. The Morgan fingerprint density at radius 2 is 2.14 bits per heavy atom. The van der Waals surface area contributed by atoms with Crippen molar-refractivity contribution in [3.05, 3.63) is 34.9 Å². The van der Waals surface area contributed by atoms with Crippen molar-refractivity contribution in [2.75, 3.05) is 27.2 Å². The van der Waals surface area contributed by atoms with Crippen LogP contribution in [0.25, 0.3) is 0 Å². The van der Waals surface area contributed by atoms with Crippen molar-refractivity contribution in [1.82, 2.24) is 10.2 Å². The number of amides is 1. The first-order valence-electron chi connectivity index (χ1n) is 7.36. The predicted molar refractivity (Wildman–Crippen MR) is 84.5 cm³/mol. The van der Waals surface area contributed by atoms with E-state index in [2.05, 4.69) is 10.2 Å². The minimum Gasteiger partial charge on any atom is -0.378 e. The Morgan fingerprint density at radius 3 is 2.71 bits per heavy atom. The molecule has 0 aliphatic carbocycles. The van der Waals surface area contributed by atoms with Crippen LogP contribution in [0.15, 0.2) is 24.3 Å². The number of likely N-dealkylation sites (N-methyl/N-ethyl adjacent to an activating group) is 1. The Labute approximate surface area is 131 Å². The fourth-order valence-corrected chi connectivity index (χ4v) is 2.69. The number of nitrogens with zero attached hydrogens (tertiary/aromatic N) is 1. The average Bonchev–Trinajstić information content (AvgIpc) is 2.91. The number of nitrogens with one attached hydrogen (secondary N) is 1. The molecule has 2 atom stereocenters. The molecule has 1 fully saturated rings. The lowest BCUT2D eigenvalue weighted by Gasteiger charge is -2.23. The summed E-state index contributed by atoms with van der Waals surface area (Å²) in [5, 5.41) is 3.81. The van der Waals surface area contributed by atoms with E-state index in [4.69, 9.17) is 16.3 Å². The second-order valence-corrected chi connectivity index (χ2v) is 6.21. The van der Waals surface area contributed by atoms with E-state index in [-0.39, 0.29) is 18.1 Å². The second-order valence-electron chi connectivity index (χ2n) is 5.77. The molecule has 1 aromatic rings. The fourth-order valence-electron chi connectivity index (χ4n) is 2.56. The Morgan fingerprint density at radius 1 is 1.43 bits per heavy atom. The number of carbonyl (C=O) groups excluding carboxylic acids is 1. The van der Waals surface area contributed by atoms with Crippen molar-refractivity contribution in [2.45, 2.75) is 31.4 Å². The van der Waals surface area contributed by atoms with E-state index in [0.29, 0.717) is 11.4 Å². The summed E-state index contributed by atoms with van der Waals surface area (Å²) >= 11 is 5.93. The van der Waals surface area contributed by atoms with Crippen molar-refractivity contribution in [3.63, 3.8) is 0 Å². The van der Waals surface area contributed by atoms with Gasteiger partial charge in [-0.1, -0.05) is 23.7 Å². The summed E-state index contributed by atoms with van der Waals surface area (Å²) in [6, 6.07) is 7.59. The van der Waals surface area contributed by atoms with Crippen LogP contribution in [-0.4, -0.2) is 44.2 Å². The summed E-state index contributed by atoms with van der Waals surface area (Å²) in [6.45, 7) is 1.52. The van der Waals surface area contributed by atoms with Gasteiger partial charge in [0.1, 0.15) is 0 Å². The predicted octanol–water partition coefficient (Wildman–Crippen LogP) is 2.63. The highest BCUT2D eigenvalue weighted by molar-refractivity contribution is 6.30. The zero-order chi connectivity index (χ0) is 15.2. The van der Waals surface area contributed by atoms with Gasteiger partial charge in [-0.3, -0.25) is 4.79 Å². The molecular formula is C16H23ClN2O2. The standard InChI is InChI=1S/C16H23ClN2O2/c1-19(2)11-15(12-5-7-13(17)8-6-12)18-16(20)10-14-4-3-9-21-14/h5-8,14-15H,3-4,9-11H2,1-2H3,(H,18,20). The van der Waals surface area contributed by atoms with Gasteiger partial charge in [0.2, 0.25) is 5.91 Å². The molecule has 1 amide bonds. The van der Waals surface area contributed by atoms with Gasteiger partial charge < -0.3 is 15.0 Å². The molecule has 1 aromatic carbocycles. The van der Waals surface area contributed by atoms with Crippen molar-refractivity contribution < 1.29 is 9.53 Å². The van der Waals surface area contributed by atoms with E-state index in [1.54, 1.807) is 0 Å². The number of ether oxygens (including phenoxy) is 1. The molecule has 0 radical (unpaired) electrons. The Balaban J connectivity index is 1.98. The van der Waals surface area contributed by atoms with Gasteiger partial charge in [0.05, 0.1) is 18.6 Å². The molecule has 116 valence electrons. The fraction of sp³-hybridized carbons (Fsp3) is 0.562. The van der Waals surface area contributed by atoms with Gasteiger partial charge in [0.15, 0.2) is 0 Å². The van der Waals surface area contributed by atoms with Crippen LogP contribution in [0.5, 0.6) is 0 Å². The number of hydrogen-bond donors (Lipinski definition) is 1. The van der Waals surface area contributed by atoms with Gasteiger partial charge >= 0.3 is 0 Å². The van der Waals surface area contributed by atoms with Crippen molar-refractivity contribution in [1.29, 1.82) is 0 Å². The van der Waals surface area contributed by atoms with E-state index < -0.39 is 0 Å². The number of rotatable bonds is 6. The molecule has 0 bridgehead atoms. The lowest BCUT2D eigenvalue weighted by atomic mass is 10.1. The third kappa shape index (κ3) is 5.30. The van der Waals surface area contributed by atoms with Crippen LogP contribution in [0.3, 0.4) is 0 Å². The molecule has 1 aliphatic rings. The monoisotopic (exact) mass is 310 g/mol. The molecule has 0 aromatic heterocycles. The highest BCUT2D eigenvalue weighted by Gasteiger charge is 2.21. The van der Waals surface area contributed by atoms with Crippen molar-refractivity contribution >= 4 is 17.5 Å². The topological polar surface area (TPSA) is 41.6 Å². The molecular weight excluding hydrogens is 288 g/mol. The molecule has 1 heterocycles. The minimum atomic E-state index is -0.0360. The van der Waals surface area contributed by atoms with Gasteiger partial charge in [0.25, 0.3) is 0 Å². The third-order valence-corrected chi connectivity index (χ3v) is 3.84. The molecule has 0 saturated carbocycles. The quantitative estimate of drug-likeness (QED) is 0.878. The molecule has 1 saturated heterocycles. The minimum absolute atomic E-state index is 0.0360. The summed E-state index contributed by atoms with van der Waals surface area (Å²) in [5.41, 5.74) is 1.06. The maximum atomic E-state index is 12.2. The smallest absolute Gasteiger partial charge is 0.223 e. The van der Waals surface area contributed by atoms with Crippen LogP contribution < -0.4 is 5.32 Å². The zero-order valence-corrected chi connectivity index (χ0v) is 13.4. The normalized spacial score (nSPS) is 19.7. The second kappa shape index (κ2) is 7.78. The summed E-state index contributed by atoms with van der Waals surface area (Å²) in [6.07, 6.45) is 2.55. The van der Waals surface area contributed by atoms with Crippen LogP contribution in [0, 0.1) is 0 Å². The van der Waals surface area contributed by atoms with Crippen molar-refractivity contribution in [3.8, 4) is 0 Å². The van der Waals surface area contributed by atoms with E-state index in [1.807, 2.05) is 38.4 Å². The number of carbonyl (C=O) groups is 1. The molecule has 2 unspecified atom stereocenters. The average molecular weight is 311 g/mol. The summed E-state index contributed by atoms with van der Waals surface area (Å²) in [4.78, 5) is 14.3. The van der Waals surface area contributed by atoms with Gasteiger partial charge in [0, 0.05) is 18.2 Å². The highest BCUT2D eigenvalue weighted by atomic mass is 35.5. The van der Waals surface area contributed by atoms with E-state index in [0.717, 1.165) is 31.6 Å². The molecule has 4 nitrogen and oxygen atoms in total. The van der Waals surface area contributed by atoms with E-state index >= 15 is 0 Å². The molecule has 1 aliphatic heterocycles. The SMILES string of the molecule is CN(C)CC(NC(=O)CC1CCCO1)c1ccc(Cl)cc1. The summed E-state index contributed by atoms with van der Waals surface area (Å²) in [5.74, 6) is 0.0451. The van der Waals surface area contributed by atoms with E-state index in [1.165, 1.54) is 0 Å². The first-order valence-corrected chi connectivity index (χ1v) is 7.73. The third-order valence-electron chi connectivity index (χ3n) is 3.59.